The highest BCUT2D eigenvalue weighted by molar-refractivity contribution is 5.27. The standard InChI is InChI=1S/C18H24O/c19-7-6-18-11-13-8-14(12-18)10-16(9-13)17(18)15-4-2-1-3-5-15/h1-5,13-14,16-17,19H,6-12H2. The van der Waals surface area contributed by atoms with Gasteiger partial charge in [0.25, 0.3) is 0 Å². The van der Waals surface area contributed by atoms with E-state index in [-0.39, 0.29) is 0 Å². The Morgan fingerprint density at radius 1 is 1.00 bits per heavy atom. The second-order valence-electron chi connectivity index (χ2n) is 7.33. The molecule has 0 spiro atoms. The molecule has 1 aromatic carbocycles. The van der Waals surface area contributed by atoms with Crippen molar-refractivity contribution in [1.29, 1.82) is 0 Å². The number of hydrogen-bond acceptors (Lipinski definition) is 1. The maximum Gasteiger partial charge on any atom is 0.0436 e. The van der Waals surface area contributed by atoms with Crippen molar-refractivity contribution in [2.75, 3.05) is 6.61 Å². The van der Waals surface area contributed by atoms with E-state index in [1.54, 1.807) is 5.56 Å². The molecule has 0 radical (unpaired) electrons. The maximum absolute atomic E-state index is 9.59. The first-order valence-corrected chi connectivity index (χ1v) is 7.96. The van der Waals surface area contributed by atoms with Crippen molar-refractivity contribution in [2.24, 2.45) is 23.2 Å². The fraction of sp³-hybridized carbons (Fsp3) is 0.667. The minimum atomic E-state index is 0.371. The normalized spacial score (nSPS) is 43.6. The van der Waals surface area contributed by atoms with Crippen LogP contribution in [0.25, 0.3) is 0 Å². The van der Waals surface area contributed by atoms with Crippen molar-refractivity contribution in [3.63, 3.8) is 0 Å². The molecule has 1 aromatic rings. The monoisotopic (exact) mass is 256 g/mol. The summed E-state index contributed by atoms with van der Waals surface area (Å²) in [5.41, 5.74) is 1.96. The first kappa shape index (κ1) is 12.0. The lowest BCUT2D eigenvalue weighted by Gasteiger charge is -2.61. The molecule has 3 unspecified atom stereocenters. The number of hydrogen-bond donors (Lipinski definition) is 1. The maximum atomic E-state index is 9.59. The summed E-state index contributed by atoms with van der Waals surface area (Å²) in [5, 5.41) is 9.59. The molecule has 1 nitrogen and oxygen atoms in total. The summed E-state index contributed by atoms with van der Waals surface area (Å²) in [5.74, 6) is 3.53. The van der Waals surface area contributed by atoms with Crippen molar-refractivity contribution < 1.29 is 5.11 Å². The van der Waals surface area contributed by atoms with Gasteiger partial charge in [0.2, 0.25) is 0 Å². The molecule has 0 saturated heterocycles. The Bertz CT molecular complexity index is 438. The third-order valence-corrected chi connectivity index (χ3v) is 6.23. The predicted octanol–water partition coefficient (Wildman–Crippen LogP) is 3.98. The third kappa shape index (κ3) is 1.78. The molecule has 1 N–H and O–H groups in total. The van der Waals surface area contributed by atoms with Gasteiger partial charge in [-0.15, -0.1) is 0 Å². The summed E-state index contributed by atoms with van der Waals surface area (Å²) in [7, 11) is 0. The Morgan fingerprint density at radius 3 is 2.32 bits per heavy atom. The highest BCUT2D eigenvalue weighted by atomic mass is 16.3. The van der Waals surface area contributed by atoms with E-state index in [4.69, 9.17) is 0 Å². The number of aliphatic hydroxyl groups is 1. The van der Waals surface area contributed by atoms with Crippen LogP contribution < -0.4 is 0 Å². The average Bonchev–Trinajstić information content (AvgIpc) is 2.38. The minimum absolute atomic E-state index is 0.371. The summed E-state index contributed by atoms with van der Waals surface area (Å²) in [4.78, 5) is 0. The Balaban J connectivity index is 1.75. The first-order chi connectivity index (χ1) is 9.31. The number of benzene rings is 1. The Labute approximate surface area is 116 Å². The molecule has 0 heterocycles. The highest BCUT2D eigenvalue weighted by Crippen LogP contribution is 2.67. The van der Waals surface area contributed by atoms with Crippen molar-refractivity contribution in [3.8, 4) is 0 Å². The molecule has 4 fully saturated rings. The Hall–Kier alpha value is -0.820. The van der Waals surface area contributed by atoms with Gasteiger partial charge in [0, 0.05) is 6.61 Å². The van der Waals surface area contributed by atoms with Gasteiger partial charge < -0.3 is 5.11 Å². The van der Waals surface area contributed by atoms with Gasteiger partial charge in [-0.05, 0) is 73.2 Å². The van der Waals surface area contributed by atoms with E-state index in [1.165, 1.54) is 32.1 Å². The lowest BCUT2D eigenvalue weighted by molar-refractivity contribution is -0.0858. The molecule has 4 aliphatic carbocycles. The van der Waals surface area contributed by atoms with Crippen molar-refractivity contribution in [1.82, 2.24) is 0 Å². The van der Waals surface area contributed by atoms with E-state index >= 15 is 0 Å². The molecule has 1 heteroatoms. The molecule has 5 rings (SSSR count). The molecular weight excluding hydrogens is 232 g/mol. The predicted molar refractivity (Wildman–Crippen MR) is 76.9 cm³/mol. The average molecular weight is 256 g/mol. The molecule has 0 aromatic heterocycles. The molecule has 3 atom stereocenters. The quantitative estimate of drug-likeness (QED) is 0.867. The zero-order valence-corrected chi connectivity index (χ0v) is 11.6. The first-order valence-electron chi connectivity index (χ1n) is 7.96. The Morgan fingerprint density at radius 2 is 1.68 bits per heavy atom. The molecule has 19 heavy (non-hydrogen) atoms. The van der Waals surface area contributed by atoms with Gasteiger partial charge in [0.1, 0.15) is 0 Å². The zero-order valence-electron chi connectivity index (χ0n) is 11.6. The molecule has 0 amide bonds. The zero-order chi connectivity index (χ0) is 12.9. The van der Waals surface area contributed by atoms with E-state index in [0.29, 0.717) is 17.9 Å². The van der Waals surface area contributed by atoms with E-state index in [0.717, 1.165) is 24.2 Å². The van der Waals surface area contributed by atoms with Crippen LogP contribution in [-0.2, 0) is 0 Å². The second-order valence-corrected chi connectivity index (χ2v) is 7.33. The van der Waals surface area contributed by atoms with E-state index in [1.807, 2.05) is 0 Å². The van der Waals surface area contributed by atoms with E-state index < -0.39 is 0 Å². The SMILES string of the molecule is OCCC12CC3CC(CC(C3)C1c1ccccc1)C2. The van der Waals surface area contributed by atoms with Gasteiger partial charge in [-0.2, -0.15) is 0 Å². The molecule has 4 bridgehead atoms. The van der Waals surface area contributed by atoms with Crippen LogP contribution in [0.5, 0.6) is 0 Å². The number of rotatable bonds is 3. The van der Waals surface area contributed by atoms with Crippen LogP contribution in [0.15, 0.2) is 30.3 Å². The van der Waals surface area contributed by atoms with Crippen molar-refractivity contribution in [3.05, 3.63) is 35.9 Å². The van der Waals surface area contributed by atoms with Crippen molar-refractivity contribution >= 4 is 0 Å². The smallest absolute Gasteiger partial charge is 0.0436 e. The fourth-order valence-electron chi connectivity index (χ4n) is 6.08. The van der Waals surface area contributed by atoms with Crippen LogP contribution in [0.1, 0.15) is 50.0 Å². The van der Waals surface area contributed by atoms with Crippen LogP contribution >= 0.6 is 0 Å². The van der Waals surface area contributed by atoms with E-state index in [2.05, 4.69) is 30.3 Å². The Kier molecular flexibility index (Phi) is 2.73. The summed E-state index contributed by atoms with van der Waals surface area (Å²) in [6.45, 7) is 0.371. The van der Waals surface area contributed by atoms with Gasteiger partial charge >= 0.3 is 0 Å². The summed E-state index contributed by atoms with van der Waals surface area (Å²) in [6.07, 6.45) is 8.15. The third-order valence-electron chi connectivity index (χ3n) is 6.23. The topological polar surface area (TPSA) is 20.2 Å². The van der Waals surface area contributed by atoms with Crippen LogP contribution in [0.2, 0.25) is 0 Å². The largest absolute Gasteiger partial charge is 0.396 e. The number of aliphatic hydroxyl groups excluding tert-OH is 1. The summed E-state index contributed by atoms with van der Waals surface area (Å²) >= 11 is 0. The lowest BCUT2D eigenvalue weighted by atomic mass is 9.43. The second kappa shape index (κ2) is 4.34. The van der Waals surface area contributed by atoms with Crippen LogP contribution in [0.3, 0.4) is 0 Å². The van der Waals surface area contributed by atoms with Gasteiger partial charge in [-0.1, -0.05) is 30.3 Å². The molecule has 0 aliphatic heterocycles. The molecule has 4 aliphatic rings. The summed E-state index contributed by atoms with van der Waals surface area (Å²) < 4.78 is 0. The van der Waals surface area contributed by atoms with Crippen LogP contribution in [-0.4, -0.2) is 11.7 Å². The van der Waals surface area contributed by atoms with Gasteiger partial charge in [-0.3, -0.25) is 0 Å². The van der Waals surface area contributed by atoms with Crippen molar-refractivity contribution in [2.45, 2.75) is 44.4 Å². The lowest BCUT2D eigenvalue weighted by Crippen LogP contribution is -2.51. The van der Waals surface area contributed by atoms with E-state index in [9.17, 15) is 5.11 Å². The summed E-state index contributed by atoms with van der Waals surface area (Å²) in [6, 6.07) is 11.1. The van der Waals surface area contributed by atoms with Gasteiger partial charge in [0.15, 0.2) is 0 Å². The molecule has 102 valence electrons. The fourth-order valence-corrected chi connectivity index (χ4v) is 6.08. The van der Waals surface area contributed by atoms with Gasteiger partial charge in [-0.25, -0.2) is 0 Å². The molecule has 4 saturated carbocycles. The van der Waals surface area contributed by atoms with Gasteiger partial charge in [0.05, 0.1) is 0 Å². The van der Waals surface area contributed by atoms with Crippen LogP contribution in [0.4, 0.5) is 0 Å². The molecular formula is C18H24O. The highest BCUT2D eigenvalue weighted by Gasteiger charge is 2.56. The minimum Gasteiger partial charge on any atom is -0.396 e. The van der Waals surface area contributed by atoms with Crippen LogP contribution in [0, 0.1) is 23.2 Å².